The van der Waals surface area contributed by atoms with Crippen molar-refractivity contribution in [3.63, 3.8) is 0 Å². The second-order valence-corrected chi connectivity index (χ2v) is 9.04. The lowest BCUT2D eigenvalue weighted by Crippen LogP contribution is -2.54. The van der Waals surface area contributed by atoms with Crippen LogP contribution in [0.3, 0.4) is 0 Å². The van der Waals surface area contributed by atoms with E-state index in [0.717, 1.165) is 15.8 Å². The summed E-state index contributed by atoms with van der Waals surface area (Å²) in [5.41, 5.74) is 1.11. The minimum Gasteiger partial charge on any atom is -0.378 e. The van der Waals surface area contributed by atoms with Crippen LogP contribution in [0.25, 0.3) is 17.0 Å². The number of rotatable bonds is 4. The number of fused-ring (bicyclic) bond motifs is 1. The van der Waals surface area contributed by atoms with E-state index in [9.17, 15) is 19.2 Å². The van der Waals surface area contributed by atoms with Crippen LogP contribution in [0.2, 0.25) is 10.0 Å². The average molecular weight is 527 g/mol. The highest BCUT2D eigenvalue weighted by Gasteiger charge is 2.38. The third-order valence-electron chi connectivity index (χ3n) is 6.06. The molecule has 3 heterocycles. The maximum atomic E-state index is 13.3. The molecule has 5 rings (SSSR count). The number of urea groups is 1. The Morgan fingerprint density at radius 2 is 1.78 bits per heavy atom. The third-order valence-corrected chi connectivity index (χ3v) is 6.87. The summed E-state index contributed by atoms with van der Waals surface area (Å²) in [5, 5.41) is 3.09. The fourth-order valence-corrected chi connectivity index (χ4v) is 4.66. The Labute approximate surface area is 215 Å². The van der Waals surface area contributed by atoms with Crippen molar-refractivity contribution in [3.8, 4) is 0 Å². The number of hydrogen-bond donors (Lipinski definition) is 1. The van der Waals surface area contributed by atoms with Crippen molar-refractivity contribution in [2.75, 3.05) is 31.2 Å². The molecule has 9 nitrogen and oxygen atoms in total. The second kappa shape index (κ2) is 9.77. The van der Waals surface area contributed by atoms with Crippen LogP contribution in [0, 0.1) is 0 Å². The Hall–Kier alpha value is -3.66. The predicted octanol–water partition coefficient (Wildman–Crippen LogP) is 3.47. The number of barbiturate groups is 1. The van der Waals surface area contributed by atoms with Crippen LogP contribution >= 0.6 is 23.2 Å². The molecular weight excluding hydrogens is 507 g/mol. The van der Waals surface area contributed by atoms with Gasteiger partial charge in [0.2, 0.25) is 5.91 Å². The zero-order chi connectivity index (χ0) is 25.4. The molecule has 5 amide bonds. The number of carbonyl (C=O) groups excluding carboxylic acids is 4. The van der Waals surface area contributed by atoms with Crippen molar-refractivity contribution in [1.29, 1.82) is 0 Å². The van der Waals surface area contributed by atoms with Gasteiger partial charge in [-0.1, -0.05) is 47.5 Å². The number of amides is 5. The smallest absolute Gasteiger partial charge is 0.336 e. The third kappa shape index (κ3) is 4.37. The van der Waals surface area contributed by atoms with Crippen LogP contribution in [-0.2, 0) is 25.7 Å². The molecule has 2 aliphatic rings. The summed E-state index contributed by atoms with van der Waals surface area (Å²) < 4.78 is 7.10. The van der Waals surface area contributed by atoms with Crippen molar-refractivity contribution >= 4 is 69.6 Å². The maximum absolute atomic E-state index is 13.3. The van der Waals surface area contributed by atoms with Gasteiger partial charge in [-0.05, 0) is 24.3 Å². The van der Waals surface area contributed by atoms with Crippen LogP contribution in [0.1, 0.15) is 5.56 Å². The largest absolute Gasteiger partial charge is 0.378 e. The Bertz CT molecular complexity index is 1440. The minimum absolute atomic E-state index is 0.00888. The predicted molar refractivity (Wildman–Crippen MR) is 135 cm³/mol. The monoisotopic (exact) mass is 526 g/mol. The summed E-state index contributed by atoms with van der Waals surface area (Å²) in [4.78, 5) is 54.0. The number of para-hydroxylation sites is 1. The highest BCUT2D eigenvalue weighted by atomic mass is 35.5. The van der Waals surface area contributed by atoms with Gasteiger partial charge < -0.3 is 14.2 Å². The number of benzene rings is 2. The zero-order valence-electron chi connectivity index (χ0n) is 18.9. The molecule has 0 saturated carbocycles. The van der Waals surface area contributed by atoms with E-state index in [-0.39, 0.29) is 33.8 Å². The first kappa shape index (κ1) is 24.1. The quantitative estimate of drug-likeness (QED) is 0.414. The Balaban J connectivity index is 1.52. The topological polar surface area (TPSA) is 101 Å². The van der Waals surface area contributed by atoms with E-state index >= 15 is 0 Å². The number of carbonyl (C=O) groups is 4. The molecule has 3 aromatic rings. The second-order valence-electron chi connectivity index (χ2n) is 8.25. The number of halogens is 2. The van der Waals surface area contributed by atoms with Gasteiger partial charge in [0.15, 0.2) is 0 Å². The van der Waals surface area contributed by atoms with Crippen LogP contribution < -0.4 is 10.2 Å². The van der Waals surface area contributed by atoms with Gasteiger partial charge in [0, 0.05) is 35.8 Å². The van der Waals surface area contributed by atoms with Crippen molar-refractivity contribution in [3.05, 3.63) is 69.8 Å². The van der Waals surface area contributed by atoms with Crippen molar-refractivity contribution in [2.24, 2.45) is 0 Å². The molecule has 1 N–H and O–H groups in total. The number of nitrogens with one attached hydrogen (secondary N) is 1. The molecule has 0 unspecified atom stereocenters. The Kier molecular flexibility index (Phi) is 6.53. The fourth-order valence-electron chi connectivity index (χ4n) is 4.28. The number of nitrogens with zero attached hydrogens (tertiary/aromatic N) is 3. The fraction of sp³-hybridized carbons (Fsp3) is 0.200. The van der Waals surface area contributed by atoms with Gasteiger partial charge in [-0.15, -0.1) is 0 Å². The van der Waals surface area contributed by atoms with Gasteiger partial charge in [0.05, 0.1) is 28.9 Å². The zero-order valence-corrected chi connectivity index (χ0v) is 20.4. The van der Waals surface area contributed by atoms with Gasteiger partial charge in [0.1, 0.15) is 12.1 Å². The number of hydrogen-bond acceptors (Lipinski definition) is 5. The summed E-state index contributed by atoms with van der Waals surface area (Å²) in [7, 11) is 0. The SMILES string of the molecule is O=C1NC(=O)N(c2cccc(Cl)c2Cl)C(=O)/C1=C/c1cn(CC(=O)N2CCOCC2)c2ccccc12. The molecule has 11 heteroatoms. The Morgan fingerprint density at radius 1 is 1.03 bits per heavy atom. The van der Waals surface area contributed by atoms with E-state index in [1.807, 2.05) is 24.3 Å². The molecule has 0 aliphatic carbocycles. The first-order valence-corrected chi connectivity index (χ1v) is 11.9. The molecule has 0 bridgehead atoms. The number of morpholine rings is 1. The number of ether oxygens (including phenoxy) is 1. The summed E-state index contributed by atoms with van der Waals surface area (Å²) >= 11 is 12.3. The molecule has 2 aromatic carbocycles. The highest BCUT2D eigenvalue weighted by molar-refractivity contribution is 6.46. The normalized spacial score (nSPS) is 17.7. The van der Waals surface area contributed by atoms with Crippen molar-refractivity contribution < 1.29 is 23.9 Å². The molecular formula is C25H20Cl2N4O5. The first-order chi connectivity index (χ1) is 17.3. The molecule has 2 saturated heterocycles. The molecule has 1 aromatic heterocycles. The lowest BCUT2D eigenvalue weighted by Gasteiger charge is -2.27. The summed E-state index contributed by atoms with van der Waals surface area (Å²) in [6.45, 7) is 2.14. The van der Waals surface area contributed by atoms with E-state index < -0.39 is 17.8 Å². The Morgan fingerprint density at radius 3 is 2.56 bits per heavy atom. The summed E-state index contributed by atoms with van der Waals surface area (Å²) in [6.07, 6.45) is 3.12. The van der Waals surface area contributed by atoms with Crippen LogP contribution in [0.5, 0.6) is 0 Å². The molecule has 2 aliphatic heterocycles. The van der Waals surface area contributed by atoms with E-state index in [1.165, 1.54) is 18.2 Å². The van der Waals surface area contributed by atoms with E-state index in [2.05, 4.69) is 5.32 Å². The molecule has 0 atom stereocenters. The van der Waals surface area contributed by atoms with Gasteiger partial charge >= 0.3 is 6.03 Å². The highest BCUT2D eigenvalue weighted by Crippen LogP contribution is 2.34. The van der Waals surface area contributed by atoms with Gasteiger partial charge in [0.25, 0.3) is 11.8 Å². The van der Waals surface area contributed by atoms with E-state index in [1.54, 1.807) is 21.7 Å². The summed E-state index contributed by atoms with van der Waals surface area (Å²) in [6, 6.07) is 11.0. The molecule has 0 spiro atoms. The minimum atomic E-state index is -0.926. The standard InChI is InChI=1S/C25H20Cl2N4O5/c26-18-5-3-7-20(22(18)27)31-24(34)17(23(33)28-25(31)35)12-15-13-30(19-6-2-1-4-16(15)19)14-21(32)29-8-10-36-11-9-29/h1-7,12-13H,8-11,14H2,(H,28,33,35)/b17-12+. The van der Waals surface area contributed by atoms with Gasteiger partial charge in [-0.3, -0.25) is 19.7 Å². The first-order valence-electron chi connectivity index (χ1n) is 11.1. The van der Waals surface area contributed by atoms with Gasteiger partial charge in [-0.2, -0.15) is 0 Å². The van der Waals surface area contributed by atoms with E-state index in [0.29, 0.717) is 31.9 Å². The maximum Gasteiger partial charge on any atom is 0.336 e. The number of imide groups is 2. The van der Waals surface area contributed by atoms with Crippen LogP contribution in [0.4, 0.5) is 10.5 Å². The molecule has 0 radical (unpaired) electrons. The van der Waals surface area contributed by atoms with Crippen LogP contribution in [-0.4, -0.2) is 59.5 Å². The number of aromatic nitrogens is 1. The number of anilines is 1. The van der Waals surface area contributed by atoms with Gasteiger partial charge in [-0.25, -0.2) is 9.69 Å². The van der Waals surface area contributed by atoms with Crippen LogP contribution in [0.15, 0.2) is 54.2 Å². The lowest BCUT2D eigenvalue weighted by atomic mass is 10.1. The van der Waals surface area contributed by atoms with Crippen molar-refractivity contribution in [1.82, 2.24) is 14.8 Å². The lowest BCUT2D eigenvalue weighted by molar-refractivity contribution is -0.135. The molecule has 36 heavy (non-hydrogen) atoms. The van der Waals surface area contributed by atoms with Crippen molar-refractivity contribution in [2.45, 2.75) is 6.54 Å². The molecule has 184 valence electrons. The molecule has 2 fully saturated rings. The summed E-state index contributed by atoms with van der Waals surface area (Å²) in [5.74, 6) is -1.73. The van der Waals surface area contributed by atoms with E-state index in [4.69, 9.17) is 27.9 Å². The average Bonchev–Trinajstić information content (AvgIpc) is 3.22.